The number of aliphatic imine (C=N–C) groups is 1. The summed E-state index contributed by atoms with van der Waals surface area (Å²) >= 11 is 0. The number of urea groups is 2. The first-order valence-electron chi connectivity index (χ1n) is 4.20. The molecule has 1 aliphatic rings. The van der Waals surface area contributed by atoms with Gasteiger partial charge in [0.2, 0.25) is 0 Å². The Bertz CT molecular complexity index is 398. The number of quaternary nitrogens is 1. The maximum absolute atomic E-state index is 11.7. The molecular weight excluding hydrogens is 243 g/mol. The number of carboxylic acids is 1. The number of carbonyl (C=O) groups is 3. The molecule has 1 heterocycles. The molecule has 0 aliphatic carbocycles. The van der Waals surface area contributed by atoms with Crippen LogP contribution in [0.15, 0.2) is 4.99 Å². The van der Waals surface area contributed by atoms with E-state index in [-0.39, 0.29) is 29.6 Å². The Hall–Kier alpha value is -1.16. The fraction of sp³-hybridized carbons (Fsp3) is 0.429. The number of carboxylic acid groups (broad SMARTS) is 1. The number of amides is 4. The van der Waals surface area contributed by atoms with E-state index in [0.717, 1.165) is 7.05 Å². The van der Waals surface area contributed by atoms with Crippen LogP contribution in [-0.2, 0) is 4.79 Å². The van der Waals surface area contributed by atoms with Crippen molar-refractivity contribution in [1.82, 2.24) is 4.90 Å². The zero-order valence-corrected chi connectivity index (χ0v) is 8.41. The molecular formula is C7H11N4NaO5. The van der Waals surface area contributed by atoms with Crippen molar-refractivity contribution >= 4 is 53.6 Å². The summed E-state index contributed by atoms with van der Waals surface area (Å²) in [6, 6.07) is -2.74. The number of aliphatic carboxylic acids is 1. The number of aliphatic hydroxyl groups is 1. The molecule has 17 heavy (non-hydrogen) atoms. The first-order chi connectivity index (χ1) is 7.29. The number of nitrogens with zero attached hydrogens (tertiary/aromatic N) is 3. The first kappa shape index (κ1) is 15.8. The van der Waals surface area contributed by atoms with Crippen molar-refractivity contribution < 1.29 is 29.1 Å². The predicted octanol–water partition coefficient (Wildman–Crippen LogP) is -3.08. The van der Waals surface area contributed by atoms with Crippen molar-refractivity contribution in [2.24, 2.45) is 10.7 Å². The van der Waals surface area contributed by atoms with Crippen LogP contribution in [0, 0.1) is 0 Å². The third-order valence-electron chi connectivity index (χ3n) is 2.16. The number of primary amides is 1. The van der Waals surface area contributed by atoms with Crippen molar-refractivity contribution in [3.63, 3.8) is 0 Å². The van der Waals surface area contributed by atoms with E-state index in [1.54, 1.807) is 0 Å². The minimum atomic E-state index is -1.57. The third kappa shape index (κ3) is 2.94. The van der Waals surface area contributed by atoms with Gasteiger partial charge in [-0.15, -0.1) is 0 Å². The standard InChI is InChI=1S/C7H10N4O5.Na.H/c1-11(2-4(12)13)6(15)9-3-10(5(8)14)7(11)16;;/h2-3H2,1H3,(H3-,8,9,12,13,14,15);;. The summed E-state index contributed by atoms with van der Waals surface area (Å²) in [4.78, 5) is 37.0. The Morgan fingerprint density at radius 1 is 1.65 bits per heavy atom. The molecule has 3 N–H and O–H groups in total. The van der Waals surface area contributed by atoms with Crippen LogP contribution in [0.5, 0.6) is 0 Å². The van der Waals surface area contributed by atoms with Gasteiger partial charge < -0.3 is 20.7 Å². The number of aliphatic hydroxyl groups excluding tert-OH is 1. The van der Waals surface area contributed by atoms with E-state index in [2.05, 4.69) is 4.99 Å². The molecule has 0 saturated carbocycles. The van der Waals surface area contributed by atoms with Gasteiger partial charge in [-0.05, 0) is 0 Å². The third-order valence-corrected chi connectivity index (χ3v) is 2.16. The molecule has 9 nitrogen and oxygen atoms in total. The van der Waals surface area contributed by atoms with Gasteiger partial charge in [0, 0.05) is 0 Å². The van der Waals surface area contributed by atoms with Crippen molar-refractivity contribution in [1.29, 1.82) is 0 Å². The number of hydrogen-bond donors (Lipinski definition) is 2. The summed E-state index contributed by atoms with van der Waals surface area (Å²) in [6.45, 7) is -1.27. The van der Waals surface area contributed by atoms with Crippen molar-refractivity contribution in [3.05, 3.63) is 0 Å². The van der Waals surface area contributed by atoms with Gasteiger partial charge in [0.1, 0.15) is 13.2 Å². The average Bonchev–Trinajstić information content (AvgIpc) is 2.13. The second kappa shape index (κ2) is 5.45. The van der Waals surface area contributed by atoms with Gasteiger partial charge in [0.15, 0.2) is 0 Å². The Morgan fingerprint density at radius 3 is 2.59 bits per heavy atom. The van der Waals surface area contributed by atoms with Gasteiger partial charge in [-0.3, -0.25) is 0 Å². The van der Waals surface area contributed by atoms with E-state index in [1.807, 2.05) is 0 Å². The van der Waals surface area contributed by atoms with E-state index in [1.165, 1.54) is 0 Å². The molecule has 1 aliphatic heterocycles. The van der Waals surface area contributed by atoms with Crippen LogP contribution in [0.1, 0.15) is 0 Å². The van der Waals surface area contributed by atoms with Crippen molar-refractivity contribution in [2.75, 3.05) is 20.3 Å². The number of imide groups is 1. The number of carbonyl (C=O) groups excluding carboxylic acids is 3. The van der Waals surface area contributed by atoms with E-state index in [0.29, 0.717) is 4.90 Å². The molecule has 0 aromatic rings. The monoisotopic (exact) mass is 254 g/mol. The zero-order chi connectivity index (χ0) is 12.5. The molecule has 0 radical (unpaired) electrons. The molecule has 0 aromatic heterocycles. The van der Waals surface area contributed by atoms with Gasteiger partial charge in [0.05, 0.1) is 13.0 Å². The minimum absolute atomic E-state index is 0. The Kier molecular flexibility index (Phi) is 5.08. The van der Waals surface area contributed by atoms with E-state index in [9.17, 15) is 24.6 Å². The fourth-order valence-electron chi connectivity index (χ4n) is 1.26. The van der Waals surface area contributed by atoms with Gasteiger partial charge >= 0.3 is 47.6 Å². The molecule has 0 bridgehead atoms. The molecule has 90 valence electrons. The van der Waals surface area contributed by atoms with Gasteiger partial charge in [-0.2, -0.15) is 14.4 Å². The maximum atomic E-state index is 11.7. The molecule has 10 heteroatoms. The topological polar surface area (TPSA) is 136 Å². The SMILES string of the molecule is C[N+]1(CC(=O)[O-])C(=O)N(C(N)=O)CN=C1O.[NaH]. The van der Waals surface area contributed by atoms with Crippen LogP contribution >= 0.6 is 0 Å². The number of likely N-dealkylation sites (N-methyl/N-ethyl adjacent to an activating group) is 1. The summed E-state index contributed by atoms with van der Waals surface area (Å²) in [7, 11) is 1.09. The van der Waals surface area contributed by atoms with E-state index < -0.39 is 41.7 Å². The van der Waals surface area contributed by atoms with Gasteiger partial charge in [-0.1, -0.05) is 0 Å². The number of amidine groups is 1. The van der Waals surface area contributed by atoms with Crippen LogP contribution in [0.3, 0.4) is 0 Å². The summed E-state index contributed by atoms with van der Waals surface area (Å²) in [5.41, 5.74) is 4.90. The van der Waals surface area contributed by atoms with Crippen molar-refractivity contribution in [2.45, 2.75) is 0 Å². The Balaban J connectivity index is 0.00000256. The molecule has 0 fully saturated rings. The average molecular weight is 254 g/mol. The number of nitrogens with two attached hydrogens (primary N) is 1. The molecule has 0 aromatic carbocycles. The summed E-state index contributed by atoms with van der Waals surface area (Å²) < 4.78 is -1.08. The first-order valence-corrected chi connectivity index (χ1v) is 4.20. The second-order valence-electron chi connectivity index (χ2n) is 3.37. The summed E-state index contributed by atoms with van der Waals surface area (Å²) in [6.07, 6.45) is 0. The number of rotatable bonds is 2. The quantitative estimate of drug-likeness (QED) is 0.397. The normalized spacial score (nSPS) is 23.7. The second-order valence-corrected chi connectivity index (χ2v) is 3.37. The Labute approximate surface area is 118 Å². The molecule has 1 atom stereocenters. The molecule has 0 saturated heterocycles. The number of hydrogen-bond acceptors (Lipinski definition) is 5. The fourth-order valence-corrected chi connectivity index (χ4v) is 1.26. The molecule has 0 spiro atoms. The molecule has 4 amide bonds. The summed E-state index contributed by atoms with van der Waals surface area (Å²) in [5.74, 6) is -1.57. The van der Waals surface area contributed by atoms with E-state index in [4.69, 9.17) is 5.73 Å². The van der Waals surface area contributed by atoms with Crippen LogP contribution in [0.2, 0.25) is 0 Å². The van der Waals surface area contributed by atoms with Gasteiger partial charge in [0.25, 0.3) is 0 Å². The molecule has 1 unspecified atom stereocenters. The Morgan fingerprint density at radius 2 is 2.18 bits per heavy atom. The van der Waals surface area contributed by atoms with Gasteiger partial charge in [-0.25, -0.2) is 9.59 Å². The van der Waals surface area contributed by atoms with Crippen LogP contribution in [-0.4, -0.2) is 88.4 Å². The molecule has 1 rings (SSSR count). The zero-order valence-electron chi connectivity index (χ0n) is 8.41. The van der Waals surface area contributed by atoms with Crippen LogP contribution in [0.4, 0.5) is 9.59 Å². The predicted molar refractivity (Wildman–Crippen MR) is 55.0 cm³/mol. The summed E-state index contributed by atoms with van der Waals surface area (Å²) in [5, 5.41) is 19.8. The van der Waals surface area contributed by atoms with Crippen LogP contribution < -0.4 is 10.8 Å². The van der Waals surface area contributed by atoms with Crippen LogP contribution in [0.25, 0.3) is 0 Å². The van der Waals surface area contributed by atoms with E-state index >= 15 is 0 Å². The van der Waals surface area contributed by atoms with Crippen molar-refractivity contribution in [3.8, 4) is 0 Å².